The second-order valence-corrected chi connectivity index (χ2v) is 5.91. The van der Waals surface area contributed by atoms with Gasteiger partial charge in [-0.25, -0.2) is 0 Å². The normalized spacial score (nSPS) is 11.5. The number of carbonyl (C=O) groups is 2. The Hall–Kier alpha value is -3.61. The van der Waals surface area contributed by atoms with Crippen LogP contribution >= 0.6 is 0 Å². The van der Waals surface area contributed by atoms with Crippen LogP contribution < -0.4 is 15.4 Å². The van der Waals surface area contributed by atoms with Crippen LogP contribution in [0.3, 0.4) is 0 Å². The lowest BCUT2D eigenvalue weighted by Crippen LogP contribution is -2.24. The second kappa shape index (κ2) is 8.18. The molecule has 2 aromatic carbocycles. The first-order chi connectivity index (χ1) is 13.1. The predicted octanol–water partition coefficient (Wildman–Crippen LogP) is 3.34. The molecule has 3 rings (SSSR count). The fraction of sp³-hybridized carbons (Fsp3) is 0.150. The molecule has 0 aliphatic rings. The Morgan fingerprint density at radius 3 is 2.37 bits per heavy atom. The summed E-state index contributed by atoms with van der Waals surface area (Å²) < 4.78 is 6.66. The van der Waals surface area contributed by atoms with Crippen molar-refractivity contribution in [2.45, 2.75) is 13.0 Å². The van der Waals surface area contributed by atoms with E-state index in [1.807, 2.05) is 0 Å². The van der Waals surface area contributed by atoms with E-state index in [-0.39, 0.29) is 11.8 Å². The van der Waals surface area contributed by atoms with Crippen molar-refractivity contribution < 1.29 is 14.3 Å². The van der Waals surface area contributed by atoms with E-state index in [1.165, 1.54) is 0 Å². The number of amides is 2. The molecule has 1 atom stereocenters. The number of benzene rings is 2. The van der Waals surface area contributed by atoms with E-state index < -0.39 is 6.04 Å². The highest BCUT2D eigenvalue weighted by Gasteiger charge is 2.15. The van der Waals surface area contributed by atoms with E-state index in [9.17, 15) is 9.59 Å². The van der Waals surface area contributed by atoms with Crippen LogP contribution in [0.4, 0.5) is 11.4 Å². The maximum atomic E-state index is 12.4. The van der Waals surface area contributed by atoms with Gasteiger partial charge in [0.2, 0.25) is 5.91 Å². The van der Waals surface area contributed by atoms with Gasteiger partial charge >= 0.3 is 0 Å². The summed E-state index contributed by atoms with van der Waals surface area (Å²) in [6.07, 6.45) is 3.36. The minimum atomic E-state index is -0.447. The minimum absolute atomic E-state index is 0.197. The summed E-state index contributed by atoms with van der Waals surface area (Å²) in [6, 6.07) is 15.1. The quantitative estimate of drug-likeness (QED) is 0.702. The lowest BCUT2D eigenvalue weighted by molar-refractivity contribution is -0.119. The zero-order chi connectivity index (χ0) is 19.2. The van der Waals surface area contributed by atoms with Crippen LogP contribution in [0, 0.1) is 0 Å². The van der Waals surface area contributed by atoms with E-state index in [1.54, 1.807) is 85.7 Å². The summed E-state index contributed by atoms with van der Waals surface area (Å²) in [6.45, 7) is 1.76. The van der Waals surface area contributed by atoms with Crippen molar-refractivity contribution in [3.8, 4) is 5.75 Å². The number of nitrogens with one attached hydrogen (secondary N) is 2. The molecule has 138 valence electrons. The molecule has 0 saturated carbocycles. The van der Waals surface area contributed by atoms with Gasteiger partial charge in [0.15, 0.2) is 0 Å². The Kier molecular flexibility index (Phi) is 5.51. The van der Waals surface area contributed by atoms with Gasteiger partial charge in [0.25, 0.3) is 5.91 Å². The lowest BCUT2D eigenvalue weighted by atomic mass is 10.2. The fourth-order valence-corrected chi connectivity index (χ4v) is 2.50. The minimum Gasteiger partial charge on any atom is -0.497 e. The first kappa shape index (κ1) is 18.2. The summed E-state index contributed by atoms with van der Waals surface area (Å²) in [4.78, 5) is 24.7. The Morgan fingerprint density at radius 2 is 1.74 bits per heavy atom. The molecular formula is C20H20N4O3. The summed E-state index contributed by atoms with van der Waals surface area (Å²) in [5.74, 6) is 0.242. The van der Waals surface area contributed by atoms with Gasteiger partial charge in [-0.15, -0.1) is 0 Å². The fourth-order valence-electron chi connectivity index (χ4n) is 2.50. The maximum absolute atomic E-state index is 12.4. The molecule has 0 radical (unpaired) electrons. The monoisotopic (exact) mass is 364 g/mol. The first-order valence-electron chi connectivity index (χ1n) is 8.42. The van der Waals surface area contributed by atoms with E-state index in [4.69, 9.17) is 4.74 Å². The van der Waals surface area contributed by atoms with Gasteiger partial charge in [0.05, 0.1) is 7.11 Å². The molecule has 0 saturated heterocycles. The Labute approximate surface area is 157 Å². The third-order valence-electron chi connectivity index (χ3n) is 4.04. The lowest BCUT2D eigenvalue weighted by Gasteiger charge is -2.13. The molecule has 0 fully saturated rings. The number of rotatable bonds is 6. The number of hydrogen-bond donors (Lipinski definition) is 2. The topological polar surface area (TPSA) is 85.3 Å². The van der Waals surface area contributed by atoms with Crippen LogP contribution in [0.2, 0.25) is 0 Å². The Bertz CT molecular complexity index is 921. The highest BCUT2D eigenvalue weighted by molar-refractivity contribution is 6.04. The summed E-state index contributed by atoms with van der Waals surface area (Å²) >= 11 is 0. The number of nitrogens with zero attached hydrogens (tertiary/aromatic N) is 2. The molecule has 27 heavy (non-hydrogen) atoms. The van der Waals surface area contributed by atoms with Gasteiger partial charge in [-0.05, 0) is 55.5 Å². The zero-order valence-corrected chi connectivity index (χ0v) is 15.0. The summed E-state index contributed by atoms with van der Waals surface area (Å²) in [5, 5.41) is 9.72. The van der Waals surface area contributed by atoms with E-state index in [0.717, 1.165) is 0 Å². The number of carbonyl (C=O) groups excluding carboxylic acids is 2. The maximum Gasteiger partial charge on any atom is 0.255 e. The second-order valence-electron chi connectivity index (χ2n) is 5.91. The summed E-state index contributed by atoms with van der Waals surface area (Å²) in [5.41, 5.74) is 1.68. The van der Waals surface area contributed by atoms with E-state index in [2.05, 4.69) is 15.7 Å². The van der Waals surface area contributed by atoms with Crippen molar-refractivity contribution in [1.29, 1.82) is 0 Å². The van der Waals surface area contributed by atoms with Crippen LogP contribution in [-0.2, 0) is 4.79 Å². The highest BCUT2D eigenvalue weighted by Crippen LogP contribution is 2.18. The van der Waals surface area contributed by atoms with Gasteiger partial charge in [0.1, 0.15) is 11.8 Å². The van der Waals surface area contributed by atoms with Crippen molar-refractivity contribution in [2.75, 3.05) is 17.7 Å². The predicted molar refractivity (Wildman–Crippen MR) is 103 cm³/mol. The molecule has 1 heterocycles. The molecule has 2 N–H and O–H groups in total. The van der Waals surface area contributed by atoms with Gasteiger partial charge in [-0.1, -0.05) is 6.07 Å². The smallest absolute Gasteiger partial charge is 0.255 e. The van der Waals surface area contributed by atoms with Gasteiger partial charge in [-0.3, -0.25) is 14.3 Å². The zero-order valence-electron chi connectivity index (χ0n) is 15.0. The SMILES string of the molecule is COc1ccc(C(=O)Nc2cccc(NC(=O)[C@@H](C)n3cccn3)c2)cc1. The average Bonchev–Trinajstić information content (AvgIpc) is 3.22. The molecule has 7 nitrogen and oxygen atoms in total. The van der Waals surface area contributed by atoms with Crippen molar-refractivity contribution in [1.82, 2.24) is 9.78 Å². The first-order valence-corrected chi connectivity index (χ1v) is 8.42. The van der Waals surface area contributed by atoms with Crippen LogP contribution in [0.5, 0.6) is 5.75 Å². The molecule has 1 aromatic heterocycles. The van der Waals surface area contributed by atoms with Crippen molar-refractivity contribution in [2.24, 2.45) is 0 Å². The average molecular weight is 364 g/mol. The molecule has 3 aromatic rings. The van der Waals surface area contributed by atoms with Crippen molar-refractivity contribution in [3.05, 3.63) is 72.6 Å². The van der Waals surface area contributed by atoms with E-state index in [0.29, 0.717) is 22.7 Å². The van der Waals surface area contributed by atoms with Crippen molar-refractivity contribution in [3.63, 3.8) is 0 Å². The molecule has 0 unspecified atom stereocenters. The summed E-state index contributed by atoms with van der Waals surface area (Å²) in [7, 11) is 1.57. The Balaban J connectivity index is 1.66. The number of ether oxygens (including phenoxy) is 1. The largest absolute Gasteiger partial charge is 0.497 e. The third kappa shape index (κ3) is 4.52. The highest BCUT2D eigenvalue weighted by atomic mass is 16.5. The van der Waals surface area contributed by atoms with Crippen LogP contribution in [0.1, 0.15) is 23.3 Å². The molecule has 0 aliphatic heterocycles. The molecular weight excluding hydrogens is 344 g/mol. The number of aromatic nitrogens is 2. The van der Waals surface area contributed by atoms with Crippen LogP contribution in [0.15, 0.2) is 67.0 Å². The van der Waals surface area contributed by atoms with Gasteiger partial charge < -0.3 is 15.4 Å². The van der Waals surface area contributed by atoms with Crippen LogP contribution in [-0.4, -0.2) is 28.7 Å². The molecule has 2 amide bonds. The number of hydrogen-bond acceptors (Lipinski definition) is 4. The number of anilines is 2. The number of methoxy groups -OCH3 is 1. The van der Waals surface area contributed by atoms with Gasteiger partial charge in [-0.2, -0.15) is 5.10 Å². The standard InChI is InChI=1S/C20H20N4O3/c1-14(24-12-4-11-21-24)19(25)22-16-5-3-6-17(13-16)23-20(26)15-7-9-18(27-2)10-8-15/h3-14H,1-2H3,(H,22,25)(H,23,26)/t14-/m1/s1. The Morgan fingerprint density at radius 1 is 1.04 bits per heavy atom. The van der Waals surface area contributed by atoms with Gasteiger partial charge in [0, 0.05) is 29.3 Å². The van der Waals surface area contributed by atoms with E-state index >= 15 is 0 Å². The molecule has 0 spiro atoms. The third-order valence-corrected chi connectivity index (χ3v) is 4.04. The van der Waals surface area contributed by atoms with Crippen molar-refractivity contribution >= 4 is 23.2 Å². The molecule has 0 aliphatic carbocycles. The molecule has 7 heteroatoms. The van der Waals surface area contributed by atoms with Crippen LogP contribution in [0.25, 0.3) is 0 Å². The molecule has 0 bridgehead atoms.